The van der Waals surface area contributed by atoms with Gasteiger partial charge in [0.1, 0.15) is 4.47 Å². The SMILES string of the molecule is Cc1ccc(CNC(=O)c2cccc([N+](=O)[O-])c2Br)cn1. The van der Waals surface area contributed by atoms with E-state index in [0.717, 1.165) is 11.3 Å². The summed E-state index contributed by atoms with van der Waals surface area (Å²) in [5.41, 5.74) is 1.84. The molecule has 2 aromatic rings. The maximum absolute atomic E-state index is 12.1. The molecule has 1 aromatic heterocycles. The van der Waals surface area contributed by atoms with Gasteiger partial charge in [0.25, 0.3) is 11.6 Å². The van der Waals surface area contributed by atoms with Gasteiger partial charge in [-0.25, -0.2) is 0 Å². The van der Waals surface area contributed by atoms with Gasteiger partial charge in [-0.05, 0) is 40.5 Å². The third-order valence-electron chi connectivity index (χ3n) is 2.85. The van der Waals surface area contributed by atoms with Crippen LogP contribution in [0.25, 0.3) is 0 Å². The van der Waals surface area contributed by atoms with Crippen molar-refractivity contribution in [3.05, 3.63) is 67.9 Å². The molecule has 0 aliphatic carbocycles. The molecule has 0 unspecified atom stereocenters. The van der Waals surface area contributed by atoms with Crippen LogP contribution < -0.4 is 5.32 Å². The number of aryl methyl sites for hydroxylation is 1. The highest BCUT2D eigenvalue weighted by Gasteiger charge is 2.19. The standard InChI is InChI=1S/C14H12BrN3O3/c1-9-5-6-10(7-16-9)8-17-14(19)11-3-2-4-12(13(11)15)18(20)21/h2-7H,8H2,1H3,(H,17,19). The lowest BCUT2D eigenvalue weighted by atomic mass is 10.2. The van der Waals surface area contributed by atoms with Gasteiger partial charge in [-0.1, -0.05) is 12.1 Å². The first kappa shape index (κ1) is 15.1. The summed E-state index contributed by atoms with van der Waals surface area (Å²) in [6.07, 6.45) is 1.68. The monoisotopic (exact) mass is 349 g/mol. The summed E-state index contributed by atoms with van der Waals surface area (Å²) >= 11 is 3.10. The number of carbonyl (C=O) groups is 1. The summed E-state index contributed by atoms with van der Waals surface area (Å²) in [5, 5.41) is 13.6. The Morgan fingerprint density at radius 1 is 1.38 bits per heavy atom. The summed E-state index contributed by atoms with van der Waals surface area (Å²) in [7, 11) is 0. The number of nitrogens with one attached hydrogen (secondary N) is 1. The number of nitro benzene ring substituents is 1. The van der Waals surface area contributed by atoms with E-state index >= 15 is 0 Å². The largest absolute Gasteiger partial charge is 0.348 e. The second kappa shape index (κ2) is 6.45. The number of nitro groups is 1. The molecule has 1 N–H and O–H groups in total. The molecule has 0 saturated carbocycles. The minimum atomic E-state index is -0.537. The molecule has 7 heteroatoms. The Balaban J connectivity index is 2.12. The van der Waals surface area contributed by atoms with Gasteiger partial charge in [0.05, 0.1) is 10.5 Å². The van der Waals surface area contributed by atoms with Crippen LogP contribution in [-0.4, -0.2) is 15.8 Å². The first-order valence-corrected chi connectivity index (χ1v) is 6.91. The fraction of sp³-hybridized carbons (Fsp3) is 0.143. The van der Waals surface area contributed by atoms with Crippen molar-refractivity contribution in [1.82, 2.24) is 10.3 Å². The number of carbonyl (C=O) groups excluding carboxylic acids is 1. The zero-order chi connectivity index (χ0) is 15.4. The van der Waals surface area contributed by atoms with Crippen molar-refractivity contribution in [2.45, 2.75) is 13.5 Å². The number of aromatic nitrogens is 1. The quantitative estimate of drug-likeness (QED) is 0.679. The van der Waals surface area contributed by atoms with Crippen LogP contribution in [0, 0.1) is 17.0 Å². The average Bonchev–Trinajstić information content (AvgIpc) is 2.46. The van der Waals surface area contributed by atoms with Crippen molar-refractivity contribution >= 4 is 27.5 Å². The van der Waals surface area contributed by atoms with Crippen LogP contribution in [0.4, 0.5) is 5.69 Å². The van der Waals surface area contributed by atoms with Gasteiger partial charge in [0.2, 0.25) is 0 Å². The van der Waals surface area contributed by atoms with Crippen LogP contribution in [0.15, 0.2) is 41.0 Å². The summed E-state index contributed by atoms with van der Waals surface area (Å²) in [6.45, 7) is 2.18. The van der Waals surface area contributed by atoms with Gasteiger partial charge in [0, 0.05) is 24.5 Å². The number of nitrogens with zero attached hydrogens (tertiary/aromatic N) is 2. The van der Waals surface area contributed by atoms with Crippen LogP contribution in [0.2, 0.25) is 0 Å². The molecule has 0 aliphatic heterocycles. The summed E-state index contributed by atoms with van der Waals surface area (Å²) in [5.74, 6) is -0.383. The number of halogens is 1. The fourth-order valence-corrected chi connectivity index (χ4v) is 2.31. The lowest BCUT2D eigenvalue weighted by Gasteiger charge is -2.07. The minimum Gasteiger partial charge on any atom is -0.348 e. The topological polar surface area (TPSA) is 85.1 Å². The minimum absolute atomic E-state index is 0.139. The molecule has 2 rings (SSSR count). The van der Waals surface area contributed by atoms with Gasteiger partial charge in [-0.3, -0.25) is 19.9 Å². The molecular formula is C14H12BrN3O3. The zero-order valence-electron chi connectivity index (χ0n) is 11.2. The normalized spacial score (nSPS) is 10.2. The summed E-state index contributed by atoms with van der Waals surface area (Å²) in [6, 6.07) is 8.06. The highest BCUT2D eigenvalue weighted by Crippen LogP contribution is 2.28. The molecule has 0 radical (unpaired) electrons. The van der Waals surface area contributed by atoms with Crippen LogP contribution in [0.3, 0.4) is 0 Å². The highest BCUT2D eigenvalue weighted by atomic mass is 79.9. The predicted octanol–water partition coefficient (Wildman–Crippen LogP) is 2.99. The molecule has 0 aliphatic rings. The van der Waals surface area contributed by atoms with E-state index in [-0.39, 0.29) is 21.6 Å². The third kappa shape index (κ3) is 3.63. The molecule has 0 spiro atoms. The van der Waals surface area contributed by atoms with Crippen molar-refractivity contribution in [2.24, 2.45) is 0 Å². The van der Waals surface area contributed by atoms with E-state index < -0.39 is 4.92 Å². The van der Waals surface area contributed by atoms with Crippen molar-refractivity contribution in [3.8, 4) is 0 Å². The zero-order valence-corrected chi connectivity index (χ0v) is 12.8. The summed E-state index contributed by atoms with van der Waals surface area (Å²) < 4.78 is 0.175. The molecule has 1 heterocycles. The second-order valence-electron chi connectivity index (χ2n) is 4.39. The van der Waals surface area contributed by atoms with Crippen LogP contribution in [0.1, 0.15) is 21.6 Å². The number of amides is 1. The average molecular weight is 350 g/mol. The number of hydrogen-bond acceptors (Lipinski definition) is 4. The third-order valence-corrected chi connectivity index (χ3v) is 3.68. The molecule has 21 heavy (non-hydrogen) atoms. The number of pyridine rings is 1. The first-order valence-electron chi connectivity index (χ1n) is 6.11. The molecule has 6 nitrogen and oxygen atoms in total. The molecule has 0 saturated heterocycles. The van der Waals surface area contributed by atoms with E-state index in [1.807, 2.05) is 19.1 Å². The Morgan fingerprint density at radius 3 is 2.76 bits per heavy atom. The maximum atomic E-state index is 12.1. The van der Waals surface area contributed by atoms with Crippen molar-refractivity contribution < 1.29 is 9.72 Å². The molecular weight excluding hydrogens is 338 g/mol. The Kier molecular flexibility index (Phi) is 4.64. The number of benzene rings is 1. The Hall–Kier alpha value is -2.28. The summed E-state index contributed by atoms with van der Waals surface area (Å²) in [4.78, 5) is 26.5. The molecule has 108 valence electrons. The molecule has 0 fully saturated rings. The fourth-order valence-electron chi connectivity index (χ4n) is 1.72. The number of hydrogen-bond donors (Lipinski definition) is 1. The van der Waals surface area contributed by atoms with Crippen LogP contribution in [-0.2, 0) is 6.54 Å². The van der Waals surface area contributed by atoms with Crippen molar-refractivity contribution in [3.63, 3.8) is 0 Å². The lowest BCUT2D eigenvalue weighted by molar-refractivity contribution is -0.385. The first-order chi connectivity index (χ1) is 9.99. The molecule has 0 atom stereocenters. The van der Waals surface area contributed by atoms with Gasteiger partial charge >= 0.3 is 0 Å². The van der Waals surface area contributed by atoms with Gasteiger partial charge in [0.15, 0.2) is 0 Å². The van der Waals surface area contributed by atoms with E-state index in [1.54, 1.807) is 6.20 Å². The van der Waals surface area contributed by atoms with Crippen LogP contribution >= 0.6 is 15.9 Å². The lowest BCUT2D eigenvalue weighted by Crippen LogP contribution is -2.23. The smallest absolute Gasteiger partial charge is 0.284 e. The Morgan fingerprint density at radius 2 is 2.14 bits per heavy atom. The predicted molar refractivity (Wildman–Crippen MR) is 80.9 cm³/mol. The van der Waals surface area contributed by atoms with E-state index in [0.29, 0.717) is 6.54 Å². The van der Waals surface area contributed by atoms with E-state index in [4.69, 9.17) is 0 Å². The van der Waals surface area contributed by atoms with Crippen LogP contribution in [0.5, 0.6) is 0 Å². The number of rotatable bonds is 4. The molecule has 0 bridgehead atoms. The van der Waals surface area contributed by atoms with Gasteiger partial charge < -0.3 is 5.32 Å². The molecule has 1 aromatic carbocycles. The van der Waals surface area contributed by atoms with Crippen molar-refractivity contribution in [1.29, 1.82) is 0 Å². The van der Waals surface area contributed by atoms with Gasteiger partial charge in [-0.2, -0.15) is 0 Å². The maximum Gasteiger partial charge on any atom is 0.284 e. The van der Waals surface area contributed by atoms with Crippen molar-refractivity contribution in [2.75, 3.05) is 0 Å². The molecule has 1 amide bonds. The highest BCUT2D eigenvalue weighted by molar-refractivity contribution is 9.10. The second-order valence-corrected chi connectivity index (χ2v) is 5.18. The Labute approximate surface area is 129 Å². The van der Waals surface area contributed by atoms with Gasteiger partial charge in [-0.15, -0.1) is 0 Å². The van der Waals surface area contributed by atoms with E-state index in [9.17, 15) is 14.9 Å². The van der Waals surface area contributed by atoms with E-state index in [1.165, 1.54) is 18.2 Å². The Bertz CT molecular complexity index is 686. The van der Waals surface area contributed by atoms with E-state index in [2.05, 4.69) is 26.2 Å².